The first kappa shape index (κ1) is 26.5. The molecule has 3 aromatic heterocycles. The SMILES string of the molecule is C=C1CCN(c2cc3c(Nc4ccc(Oc5ccn6ncnc6c5)c(Cl)c4)ncnc3cc2OCCN(C)C)C1=O. The molecule has 12 heteroatoms. The monoisotopic (exact) mass is 570 g/mol. The van der Waals surface area contributed by atoms with Crippen molar-refractivity contribution in [1.82, 2.24) is 29.5 Å². The van der Waals surface area contributed by atoms with E-state index in [-0.39, 0.29) is 5.91 Å². The zero-order valence-electron chi connectivity index (χ0n) is 22.5. The number of nitrogens with one attached hydrogen (secondary N) is 1. The number of amides is 1. The Bertz CT molecular complexity index is 1790. The third-order valence-corrected chi connectivity index (χ3v) is 6.96. The van der Waals surface area contributed by atoms with E-state index >= 15 is 0 Å². The van der Waals surface area contributed by atoms with Crippen molar-refractivity contribution in [1.29, 1.82) is 0 Å². The van der Waals surface area contributed by atoms with Crippen LogP contribution in [-0.2, 0) is 4.79 Å². The van der Waals surface area contributed by atoms with E-state index in [1.807, 2.05) is 37.2 Å². The van der Waals surface area contributed by atoms with E-state index in [4.69, 9.17) is 21.1 Å². The lowest BCUT2D eigenvalue weighted by Crippen LogP contribution is -2.26. The van der Waals surface area contributed by atoms with Gasteiger partial charge in [-0.05, 0) is 50.8 Å². The third-order valence-electron chi connectivity index (χ3n) is 6.66. The Labute approximate surface area is 241 Å². The Kier molecular flexibility index (Phi) is 7.12. The van der Waals surface area contributed by atoms with Crippen molar-refractivity contribution < 1.29 is 14.3 Å². The molecule has 6 rings (SSSR count). The number of hydrogen-bond donors (Lipinski definition) is 1. The summed E-state index contributed by atoms with van der Waals surface area (Å²) < 4.78 is 13.8. The largest absolute Gasteiger partial charge is 0.490 e. The number of aromatic nitrogens is 5. The number of ether oxygens (including phenoxy) is 2. The summed E-state index contributed by atoms with van der Waals surface area (Å²) in [5.74, 6) is 2.11. The summed E-state index contributed by atoms with van der Waals surface area (Å²) >= 11 is 6.59. The van der Waals surface area contributed by atoms with Gasteiger partial charge in [-0.2, -0.15) is 5.10 Å². The van der Waals surface area contributed by atoms with Crippen LogP contribution in [0, 0.1) is 0 Å². The lowest BCUT2D eigenvalue weighted by molar-refractivity contribution is -0.114. The van der Waals surface area contributed by atoms with Gasteiger partial charge in [0.25, 0.3) is 5.91 Å². The summed E-state index contributed by atoms with van der Waals surface area (Å²) in [7, 11) is 3.96. The molecule has 2 aromatic carbocycles. The summed E-state index contributed by atoms with van der Waals surface area (Å²) in [6.45, 7) is 5.63. The van der Waals surface area contributed by atoms with Gasteiger partial charge in [-0.25, -0.2) is 19.5 Å². The van der Waals surface area contributed by atoms with Gasteiger partial charge < -0.3 is 24.6 Å². The molecule has 0 saturated carbocycles. The molecule has 208 valence electrons. The van der Waals surface area contributed by atoms with Crippen LogP contribution < -0.4 is 19.7 Å². The number of rotatable bonds is 9. The Morgan fingerprint density at radius 3 is 2.73 bits per heavy atom. The molecule has 1 fully saturated rings. The molecule has 0 radical (unpaired) electrons. The van der Waals surface area contributed by atoms with Crippen LogP contribution in [0.4, 0.5) is 17.2 Å². The Morgan fingerprint density at radius 2 is 1.95 bits per heavy atom. The van der Waals surface area contributed by atoms with Crippen molar-refractivity contribution >= 4 is 51.3 Å². The molecule has 1 aliphatic rings. The predicted molar refractivity (Wildman–Crippen MR) is 157 cm³/mol. The highest BCUT2D eigenvalue weighted by molar-refractivity contribution is 6.32. The number of likely N-dealkylation sites (N-methyl/N-ethyl adjacent to an activating group) is 1. The second-order valence-corrected chi connectivity index (χ2v) is 10.2. The van der Waals surface area contributed by atoms with Gasteiger partial charge in [0.05, 0.1) is 16.2 Å². The van der Waals surface area contributed by atoms with Crippen molar-refractivity contribution in [3.05, 3.63) is 78.5 Å². The van der Waals surface area contributed by atoms with Gasteiger partial charge in [0.15, 0.2) is 5.65 Å². The fourth-order valence-corrected chi connectivity index (χ4v) is 4.72. The van der Waals surface area contributed by atoms with Crippen LogP contribution >= 0.6 is 11.6 Å². The summed E-state index contributed by atoms with van der Waals surface area (Å²) in [5.41, 5.74) is 3.27. The zero-order valence-corrected chi connectivity index (χ0v) is 23.3. The smallest absolute Gasteiger partial charge is 0.253 e. The van der Waals surface area contributed by atoms with Gasteiger partial charge in [-0.15, -0.1) is 0 Å². The van der Waals surface area contributed by atoms with Gasteiger partial charge >= 0.3 is 0 Å². The fourth-order valence-electron chi connectivity index (χ4n) is 4.50. The van der Waals surface area contributed by atoms with Crippen LogP contribution in [0.2, 0.25) is 5.02 Å². The molecule has 4 heterocycles. The van der Waals surface area contributed by atoms with Gasteiger partial charge in [-0.1, -0.05) is 18.2 Å². The number of fused-ring (bicyclic) bond motifs is 2. The number of halogens is 1. The number of nitrogens with zero attached hydrogens (tertiary/aromatic N) is 7. The van der Waals surface area contributed by atoms with Crippen LogP contribution in [0.3, 0.4) is 0 Å². The first-order chi connectivity index (χ1) is 19.9. The van der Waals surface area contributed by atoms with E-state index in [1.165, 1.54) is 12.7 Å². The van der Waals surface area contributed by atoms with Gasteiger partial charge in [0, 0.05) is 48.1 Å². The standard InChI is InChI=1S/C29H27ClN8O3/c1-18-6-8-37(29(18)39)24-14-21-23(15-26(24)40-11-10-36(2)3)31-16-33-28(21)35-19-4-5-25(22(30)12-19)41-20-7-9-38-27(13-20)32-17-34-38/h4-5,7,9,12-17H,1,6,8,10-11H2,2-3H3,(H,31,33,35). The lowest BCUT2D eigenvalue weighted by Gasteiger charge is -2.22. The van der Waals surface area contributed by atoms with E-state index in [2.05, 4.69) is 31.9 Å². The van der Waals surface area contributed by atoms with E-state index in [0.717, 1.165) is 11.9 Å². The molecule has 1 aliphatic heterocycles. The van der Waals surface area contributed by atoms with Gasteiger partial charge in [0.1, 0.15) is 42.3 Å². The molecule has 1 amide bonds. The molecular weight excluding hydrogens is 544 g/mol. The average molecular weight is 571 g/mol. The van der Waals surface area contributed by atoms with Crippen LogP contribution in [-0.4, -0.2) is 69.2 Å². The normalized spacial score (nSPS) is 13.5. The van der Waals surface area contributed by atoms with Gasteiger partial charge in [-0.3, -0.25) is 4.79 Å². The molecule has 0 bridgehead atoms. The maximum absolute atomic E-state index is 12.9. The van der Waals surface area contributed by atoms with Crippen LogP contribution in [0.15, 0.2) is 73.5 Å². The highest BCUT2D eigenvalue weighted by Crippen LogP contribution is 2.39. The highest BCUT2D eigenvalue weighted by Gasteiger charge is 2.29. The number of carbonyl (C=O) groups is 1. The van der Waals surface area contributed by atoms with Crippen molar-refractivity contribution in [2.24, 2.45) is 0 Å². The topological polar surface area (TPSA) is 110 Å². The second-order valence-electron chi connectivity index (χ2n) is 9.82. The molecule has 1 saturated heterocycles. The van der Waals surface area contributed by atoms with Crippen LogP contribution in [0.25, 0.3) is 16.6 Å². The number of anilines is 3. The van der Waals surface area contributed by atoms with E-state index < -0.39 is 0 Å². The quantitative estimate of drug-likeness (QED) is 0.242. The molecule has 0 atom stereocenters. The Balaban J connectivity index is 1.29. The van der Waals surface area contributed by atoms with Crippen molar-refractivity contribution in [2.45, 2.75) is 6.42 Å². The molecule has 5 aromatic rings. The minimum atomic E-state index is -0.112. The lowest BCUT2D eigenvalue weighted by atomic mass is 10.1. The number of benzene rings is 2. The summed E-state index contributed by atoms with van der Waals surface area (Å²) in [4.78, 5) is 29.7. The van der Waals surface area contributed by atoms with Gasteiger partial charge in [0.2, 0.25) is 0 Å². The fraction of sp³-hybridized carbons (Fsp3) is 0.207. The second kappa shape index (κ2) is 11.0. The maximum Gasteiger partial charge on any atom is 0.253 e. The average Bonchev–Trinajstić information content (AvgIpc) is 3.55. The van der Waals surface area contributed by atoms with E-state index in [9.17, 15) is 4.79 Å². The molecule has 41 heavy (non-hydrogen) atoms. The van der Waals surface area contributed by atoms with Crippen molar-refractivity contribution in [2.75, 3.05) is 44.0 Å². The van der Waals surface area contributed by atoms with Crippen LogP contribution in [0.5, 0.6) is 17.2 Å². The predicted octanol–water partition coefficient (Wildman–Crippen LogP) is 5.10. The molecule has 11 nitrogen and oxygen atoms in total. The third kappa shape index (κ3) is 5.49. The maximum atomic E-state index is 12.9. The minimum absolute atomic E-state index is 0.112. The van der Waals surface area contributed by atoms with Crippen molar-refractivity contribution in [3.63, 3.8) is 0 Å². The molecule has 0 aliphatic carbocycles. The Hall–Kier alpha value is -4.74. The first-order valence-electron chi connectivity index (χ1n) is 13.0. The van der Waals surface area contributed by atoms with E-state index in [1.54, 1.807) is 39.9 Å². The number of carbonyl (C=O) groups excluding carboxylic acids is 1. The van der Waals surface area contributed by atoms with E-state index in [0.29, 0.717) is 75.8 Å². The molecular formula is C29H27ClN8O3. The summed E-state index contributed by atoms with van der Waals surface area (Å²) in [5, 5.41) is 8.56. The minimum Gasteiger partial charge on any atom is -0.490 e. The highest BCUT2D eigenvalue weighted by atomic mass is 35.5. The van der Waals surface area contributed by atoms with Crippen LogP contribution in [0.1, 0.15) is 6.42 Å². The molecule has 1 N–H and O–H groups in total. The molecule has 0 unspecified atom stereocenters. The number of hydrogen-bond acceptors (Lipinski definition) is 9. The number of pyridine rings is 1. The van der Waals surface area contributed by atoms with Crippen molar-refractivity contribution in [3.8, 4) is 17.2 Å². The molecule has 0 spiro atoms. The first-order valence-corrected chi connectivity index (χ1v) is 13.3. The summed E-state index contributed by atoms with van der Waals surface area (Å²) in [6, 6.07) is 12.7. The Morgan fingerprint density at radius 1 is 1.07 bits per heavy atom. The summed E-state index contributed by atoms with van der Waals surface area (Å²) in [6.07, 6.45) is 5.33. The zero-order chi connectivity index (χ0) is 28.5.